The summed E-state index contributed by atoms with van der Waals surface area (Å²) in [7, 11) is 0. The topological polar surface area (TPSA) is 245 Å². The highest BCUT2D eigenvalue weighted by Gasteiger charge is 2.55. The number of fused-ring (bicyclic) bond motifs is 5. The molecule has 2 bridgehead atoms. The van der Waals surface area contributed by atoms with Crippen LogP contribution in [0.1, 0.15) is 12.6 Å². The van der Waals surface area contributed by atoms with Crippen LogP contribution in [-0.2, 0) is 48.7 Å². The van der Waals surface area contributed by atoms with E-state index in [0.29, 0.717) is 11.2 Å². The molecule has 1 amide bonds. The fourth-order valence-electron chi connectivity index (χ4n) is 5.66. The van der Waals surface area contributed by atoms with Crippen molar-refractivity contribution in [3.63, 3.8) is 0 Å². The number of carbonyl (C=O) groups excluding carboxylic acids is 1. The third kappa shape index (κ3) is 5.65. The SMILES string of the molecule is Nc1ncnc2c1ncn2[C@H]1C[C@@H]2OP(=O)(S)OC[C@H]3O[C@@H](N4C=NC5C(=O)NC(N)NC54)[C@H](OP(O)(=S)OC[C@H]2O1)[C@@H]3F. The molecular formula is C20H27FN10O9P2S2. The van der Waals surface area contributed by atoms with E-state index in [1.807, 2.05) is 0 Å². The fraction of sp³-hybridized carbons (Fsp3) is 0.650. The highest BCUT2D eigenvalue weighted by atomic mass is 32.7. The van der Waals surface area contributed by atoms with Crippen LogP contribution < -0.4 is 22.1 Å². The van der Waals surface area contributed by atoms with Crippen molar-refractivity contribution in [3.8, 4) is 0 Å². The number of anilines is 1. The summed E-state index contributed by atoms with van der Waals surface area (Å²) < 4.78 is 65.3. The standard InChI is InChI=1S/C20H27FN10O9P2S2/c21-11-9-3-36-41(33,43)39-7-1-10(30-5-26-12-15(22)24-4-25-16(12)30)37-8(7)2-35-42(34,44)40-14(11)19(38-9)31-6-27-13-17(31)28-20(23)29-18(13)32/h4-11,13-14,17,19-20,28H,1-3,23H2,(H,29,32)(H,33,43)(H,34,44)(H2,22,24,25)/t7-,8+,9+,10+,11+,13?,14+,17?,19+,20?,41?,42?/m0/s1. The number of imidazole rings is 1. The predicted molar refractivity (Wildman–Crippen MR) is 154 cm³/mol. The number of carbonyl (C=O) groups is 1. The van der Waals surface area contributed by atoms with Crippen LogP contribution in [0.2, 0.25) is 0 Å². The quantitative estimate of drug-likeness (QED) is 0.160. The number of nitrogens with two attached hydrogens (primary N) is 2. The maximum atomic E-state index is 15.9. The zero-order valence-corrected chi connectivity index (χ0v) is 25.8. The zero-order valence-electron chi connectivity index (χ0n) is 22.3. The third-order valence-corrected chi connectivity index (χ3v) is 10.9. The Morgan fingerprint density at radius 2 is 1.95 bits per heavy atom. The highest BCUT2D eigenvalue weighted by Crippen LogP contribution is 2.58. The van der Waals surface area contributed by atoms with Gasteiger partial charge in [0.05, 0.1) is 25.9 Å². The van der Waals surface area contributed by atoms with E-state index in [1.54, 1.807) is 4.57 Å². The van der Waals surface area contributed by atoms with E-state index < -0.39 is 94.2 Å². The summed E-state index contributed by atoms with van der Waals surface area (Å²) in [6.07, 6.45) is -6.49. The molecule has 44 heavy (non-hydrogen) atoms. The minimum atomic E-state index is -4.18. The lowest BCUT2D eigenvalue weighted by atomic mass is 10.1. The molecule has 7 heterocycles. The van der Waals surface area contributed by atoms with Crippen LogP contribution in [0.3, 0.4) is 0 Å². The van der Waals surface area contributed by atoms with Gasteiger partial charge in [-0.1, -0.05) is 12.2 Å². The molecule has 4 fully saturated rings. The van der Waals surface area contributed by atoms with Crippen molar-refractivity contribution in [2.45, 2.75) is 68.0 Å². The van der Waals surface area contributed by atoms with Gasteiger partial charge in [0.15, 0.2) is 29.9 Å². The van der Waals surface area contributed by atoms with Gasteiger partial charge >= 0.3 is 13.5 Å². The van der Waals surface area contributed by atoms with Crippen LogP contribution >= 0.6 is 25.8 Å². The molecule has 2 aromatic heterocycles. The summed E-state index contributed by atoms with van der Waals surface area (Å²) in [5, 5.41) is 5.44. The maximum Gasteiger partial charge on any atom is 0.386 e. The van der Waals surface area contributed by atoms with Crippen molar-refractivity contribution in [3.05, 3.63) is 12.7 Å². The Hall–Kier alpha value is -1.91. The van der Waals surface area contributed by atoms with E-state index in [9.17, 15) is 14.3 Å². The van der Waals surface area contributed by atoms with E-state index >= 15 is 4.39 Å². The van der Waals surface area contributed by atoms with Gasteiger partial charge < -0.3 is 34.8 Å². The number of ether oxygens (including phenoxy) is 2. The molecule has 7 N–H and O–H groups in total. The average molecular weight is 697 g/mol. The van der Waals surface area contributed by atoms with Crippen LogP contribution in [0.25, 0.3) is 11.2 Å². The lowest BCUT2D eigenvalue weighted by Crippen LogP contribution is -2.70. The van der Waals surface area contributed by atoms with E-state index in [1.165, 1.54) is 23.9 Å². The zero-order chi connectivity index (χ0) is 31.0. The Bertz CT molecular complexity index is 1590. The lowest BCUT2D eigenvalue weighted by molar-refractivity contribution is -0.130. The molecule has 5 aliphatic rings. The van der Waals surface area contributed by atoms with E-state index in [0.717, 1.165) is 0 Å². The van der Waals surface area contributed by atoms with Crippen LogP contribution in [0.15, 0.2) is 17.6 Å². The van der Waals surface area contributed by atoms with Crippen molar-refractivity contribution in [2.75, 3.05) is 18.9 Å². The Labute approximate surface area is 258 Å². The molecule has 7 rings (SSSR count). The van der Waals surface area contributed by atoms with E-state index in [-0.39, 0.29) is 12.2 Å². The summed E-state index contributed by atoms with van der Waals surface area (Å²) in [4.78, 5) is 41.4. The van der Waals surface area contributed by atoms with Crippen molar-refractivity contribution in [1.82, 2.24) is 35.1 Å². The minimum Gasteiger partial charge on any atom is -0.382 e. The smallest absolute Gasteiger partial charge is 0.382 e. The first-order valence-corrected chi connectivity index (χ1v) is 18.5. The first kappa shape index (κ1) is 30.7. The fourth-order valence-corrected chi connectivity index (χ4v) is 8.59. The number of thiol groups is 1. The number of hydrogen-bond donors (Lipinski definition) is 6. The van der Waals surface area contributed by atoms with Gasteiger partial charge in [-0.05, 0) is 11.8 Å². The second-order valence-electron chi connectivity index (χ2n) is 10.5. The van der Waals surface area contributed by atoms with Crippen molar-refractivity contribution in [2.24, 2.45) is 10.7 Å². The van der Waals surface area contributed by atoms with Crippen molar-refractivity contribution in [1.29, 1.82) is 0 Å². The molecule has 5 aliphatic heterocycles. The third-order valence-electron chi connectivity index (χ3n) is 7.66. The van der Waals surface area contributed by atoms with E-state index in [2.05, 4.69) is 42.8 Å². The second-order valence-corrected chi connectivity index (χ2v) is 16.1. The minimum absolute atomic E-state index is 0.0996. The summed E-state index contributed by atoms with van der Waals surface area (Å²) in [5.74, 6) is -0.287. The molecule has 0 aromatic carbocycles. The first-order valence-electron chi connectivity index (χ1n) is 13.2. The lowest BCUT2D eigenvalue weighted by Gasteiger charge is -2.39. The molecule has 2 aromatic rings. The molecule has 0 aliphatic carbocycles. The normalized spacial score (nSPS) is 44.5. The molecule has 4 saturated heterocycles. The molecule has 12 atom stereocenters. The number of amides is 1. The van der Waals surface area contributed by atoms with Crippen LogP contribution in [0.4, 0.5) is 10.2 Å². The molecule has 0 spiro atoms. The number of nitrogens with one attached hydrogen (secondary N) is 2. The highest BCUT2D eigenvalue weighted by molar-refractivity contribution is 8.44. The number of nitrogen functional groups attached to an aromatic ring is 1. The number of alkyl halides is 1. The second kappa shape index (κ2) is 11.4. The number of rotatable bonds is 2. The number of halogens is 1. The van der Waals surface area contributed by atoms with Gasteiger partial charge in [0.25, 0.3) is 5.91 Å². The summed E-state index contributed by atoms with van der Waals surface area (Å²) >= 11 is 9.35. The van der Waals surface area contributed by atoms with E-state index in [4.69, 9.17) is 50.8 Å². The maximum absolute atomic E-state index is 15.9. The first-order chi connectivity index (χ1) is 20.9. The molecular weight excluding hydrogens is 669 g/mol. The van der Waals surface area contributed by atoms with Crippen LogP contribution in [0.5, 0.6) is 0 Å². The van der Waals surface area contributed by atoms with Gasteiger partial charge in [-0.3, -0.25) is 39.0 Å². The number of aromatic nitrogens is 4. The number of nitrogens with zero attached hydrogens (tertiary/aromatic N) is 6. The molecule has 0 saturated carbocycles. The molecule has 19 nitrogen and oxygen atoms in total. The Morgan fingerprint density at radius 3 is 2.77 bits per heavy atom. The van der Waals surface area contributed by atoms with Crippen molar-refractivity contribution < 1.29 is 46.2 Å². The van der Waals surface area contributed by atoms with Gasteiger partial charge in [-0.15, -0.1) is 0 Å². The summed E-state index contributed by atoms with van der Waals surface area (Å²) in [6, 6.07) is -0.919. The van der Waals surface area contributed by atoms with Gasteiger partial charge in [-0.25, -0.2) is 23.9 Å². The van der Waals surface area contributed by atoms with Gasteiger partial charge in [-0.2, -0.15) is 0 Å². The molecule has 240 valence electrons. The summed E-state index contributed by atoms with van der Waals surface area (Å²) in [6.45, 7) is -9.33. The number of aliphatic imine (C=N–C) groups is 1. The van der Waals surface area contributed by atoms with Crippen LogP contribution in [0, 0.1) is 0 Å². The van der Waals surface area contributed by atoms with Crippen molar-refractivity contribution >= 4 is 66.8 Å². The number of hydrogen-bond acceptors (Lipinski definition) is 17. The molecule has 0 radical (unpaired) electrons. The molecule has 5 unspecified atom stereocenters. The molecule has 24 heteroatoms. The monoisotopic (exact) mass is 696 g/mol. The summed E-state index contributed by atoms with van der Waals surface area (Å²) in [5.41, 5.74) is 12.5. The van der Waals surface area contributed by atoms with Gasteiger partial charge in [0.2, 0.25) is 0 Å². The Morgan fingerprint density at radius 1 is 1.16 bits per heavy atom. The predicted octanol–water partition coefficient (Wildman–Crippen LogP) is -1.17. The Balaban J connectivity index is 1.14. The largest absolute Gasteiger partial charge is 0.386 e. The van der Waals surface area contributed by atoms with Crippen LogP contribution in [-0.4, -0.2) is 110 Å². The van der Waals surface area contributed by atoms with Gasteiger partial charge in [0, 0.05) is 6.42 Å². The Kier molecular flexibility index (Phi) is 7.97. The average Bonchev–Trinajstić information content (AvgIpc) is 3.72. The van der Waals surface area contributed by atoms with Gasteiger partial charge in [0.1, 0.15) is 54.9 Å².